The van der Waals surface area contributed by atoms with Crippen LogP contribution in [0.25, 0.3) is 0 Å². The van der Waals surface area contributed by atoms with E-state index in [1.54, 1.807) is 19.2 Å². The van der Waals surface area contributed by atoms with E-state index in [1.807, 2.05) is 13.0 Å². The molecule has 1 rings (SSSR count). The molecule has 106 valence electrons. The Morgan fingerprint density at radius 1 is 1.37 bits per heavy atom. The lowest BCUT2D eigenvalue weighted by atomic mass is 10.1. The van der Waals surface area contributed by atoms with Crippen LogP contribution in [0.15, 0.2) is 18.2 Å². The third-order valence-electron chi connectivity index (χ3n) is 2.85. The van der Waals surface area contributed by atoms with Gasteiger partial charge in [-0.25, -0.2) is 0 Å². The summed E-state index contributed by atoms with van der Waals surface area (Å²) in [6, 6.07) is 5.50. The van der Waals surface area contributed by atoms with Gasteiger partial charge in [0.25, 0.3) is 0 Å². The standard InChI is InChI=1S/C14H19Cl2NO2/c1-3-11(9-19-2)17-14(18)7-5-10-4-6-12(15)13(16)8-10/h4,6,8,11H,3,5,7,9H2,1-2H3,(H,17,18). The minimum Gasteiger partial charge on any atom is -0.383 e. The normalized spacial score (nSPS) is 12.2. The van der Waals surface area contributed by atoms with E-state index in [2.05, 4.69) is 5.32 Å². The first-order valence-corrected chi connectivity index (χ1v) is 7.04. The highest BCUT2D eigenvalue weighted by Gasteiger charge is 2.10. The Labute approximate surface area is 124 Å². The first-order valence-electron chi connectivity index (χ1n) is 6.29. The maximum atomic E-state index is 11.8. The quantitative estimate of drug-likeness (QED) is 0.837. The van der Waals surface area contributed by atoms with Crippen molar-refractivity contribution in [3.05, 3.63) is 33.8 Å². The van der Waals surface area contributed by atoms with Crippen molar-refractivity contribution in [2.45, 2.75) is 32.2 Å². The Morgan fingerprint density at radius 2 is 2.11 bits per heavy atom. The number of ether oxygens (including phenoxy) is 1. The van der Waals surface area contributed by atoms with Crippen molar-refractivity contribution in [1.29, 1.82) is 0 Å². The number of carbonyl (C=O) groups excluding carboxylic acids is 1. The highest BCUT2D eigenvalue weighted by molar-refractivity contribution is 6.42. The Bertz CT molecular complexity index is 424. The van der Waals surface area contributed by atoms with E-state index in [-0.39, 0.29) is 11.9 Å². The van der Waals surface area contributed by atoms with Crippen LogP contribution in [-0.4, -0.2) is 25.7 Å². The summed E-state index contributed by atoms with van der Waals surface area (Å²) in [5.41, 5.74) is 1.00. The van der Waals surface area contributed by atoms with Gasteiger partial charge in [0.15, 0.2) is 0 Å². The molecular formula is C14H19Cl2NO2. The van der Waals surface area contributed by atoms with Crippen molar-refractivity contribution >= 4 is 29.1 Å². The molecule has 1 aromatic rings. The highest BCUT2D eigenvalue weighted by Crippen LogP contribution is 2.23. The third kappa shape index (κ3) is 5.81. The molecule has 19 heavy (non-hydrogen) atoms. The molecule has 0 saturated carbocycles. The van der Waals surface area contributed by atoms with Crippen LogP contribution < -0.4 is 5.32 Å². The topological polar surface area (TPSA) is 38.3 Å². The molecule has 1 aromatic carbocycles. The lowest BCUT2D eigenvalue weighted by molar-refractivity contribution is -0.122. The van der Waals surface area contributed by atoms with Crippen LogP contribution in [-0.2, 0) is 16.0 Å². The van der Waals surface area contributed by atoms with E-state index in [9.17, 15) is 4.79 Å². The van der Waals surface area contributed by atoms with Gasteiger partial charge >= 0.3 is 0 Å². The largest absolute Gasteiger partial charge is 0.383 e. The van der Waals surface area contributed by atoms with Crippen LogP contribution in [0, 0.1) is 0 Å². The number of benzene rings is 1. The summed E-state index contributed by atoms with van der Waals surface area (Å²) in [6.45, 7) is 2.55. The van der Waals surface area contributed by atoms with Gasteiger partial charge in [-0.15, -0.1) is 0 Å². The van der Waals surface area contributed by atoms with E-state index in [1.165, 1.54) is 0 Å². The van der Waals surface area contributed by atoms with Crippen LogP contribution in [0.4, 0.5) is 0 Å². The molecule has 0 aliphatic rings. The number of carbonyl (C=O) groups is 1. The van der Waals surface area contributed by atoms with Crippen LogP contribution in [0.1, 0.15) is 25.3 Å². The molecule has 3 nitrogen and oxygen atoms in total. The smallest absolute Gasteiger partial charge is 0.220 e. The average Bonchev–Trinajstić information content (AvgIpc) is 2.39. The van der Waals surface area contributed by atoms with E-state index in [4.69, 9.17) is 27.9 Å². The molecule has 0 aromatic heterocycles. The van der Waals surface area contributed by atoms with Crippen molar-refractivity contribution in [3.63, 3.8) is 0 Å². The Morgan fingerprint density at radius 3 is 2.68 bits per heavy atom. The zero-order valence-corrected chi connectivity index (χ0v) is 12.7. The number of aryl methyl sites for hydroxylation is 1. The first kappa shape index (κ1) is 16.3. The van der Waals surface area contributed by atoms with E-state index in [0.717, 1.165) is 12.0 Å². The summed E-state index contributed by atoms with van der Waals surface area (Å²) in [5.74, 6) is 0.0231. The monoisotopic (exact) mass is 303 g/mol. The fraction of sp³-hybridized carbons (Fsp3) is 0.500. The summed E-state index contributed by atoms with van der Waals surface area (Å²) in [5, 5.41) is 3.99. The van der Waals surface area contributed by atoms with Crippen molar-refractivity contribution < 1.29 is 9.53 Å². The van der Waals surface area contributed by atoms with Gasteiger partial charge in [-0.2, -0.15) is 0 Å². The van der Waals surface area contributed by atoms with E-state index >= 15 is 0 Å². The first-order chi connectivity index (χ1) is 9.06. The molecule has 1 atom stereocenters. The molecule has 0 fully saturated rings. The minimum absolute atomic E-state index is 0.0231. The third-order valence-corrected chi connectivity index (χ3v) is 3.59. The number of hydrogen-bond donors (Lipinski definition) is 1. The molecular weight excluding hydrogens is 285 g/mol. The van der Waals surface area contributed by atoms with E-state index < -0.39 is 0 Å². The predicted octanol–water partition coefficient (Wildman–Crippen LogP) is 3.47. The lowest BCUT2D eigenvalue weighted by Crippen LogP contribution is -2.37. The zero-order valence-electron chi connectivity index (χ0n) is 11.2. The number of amides is 1. The summed E-state index contributed by atoms with van der Waals surface area (Å²) in [6.07, 6.45) is 1.93. The molecule has 0 aliphatic heterocycles. The molecule has 0 saturated heterocycles. The Balaban J connectivity index is 2.43. The van der Waals surface area contributed by atoms with Crippen molar-refractivity contribution in [3.8, 4) is 0 Å². The van der Waals surface area contributed by atoms with Crippen LogP contribution in [0.5, 0.6) is 0 Å². The van der Waals surface area contributed by atoms with Crippen molar-refractivity contribution in [2.24, 2.45) is 0 Å². The Kier molecular flexibility index (Phi) is 7.21. The molecule has 1 N–H and O–H groups in total. The lowest BCUT2D eigenvalue weighted by Gasteiger charge is -2.15. The average molecular weight is 304 g/mol. The second kappa shape index (κ2) is 8.41. The second-order valence-corrected chi connectivity index (χ2v) is 5.19. The van der Waals surface area contributed by atoms with Crippen molar-refractivity contribution in [1.82, 2.24) is 5.32 Å². The molecule has 0 aliphatic carbocycles. The second-order valence-electron chi connectivity index (χ2n) is 4.38. The van der Waals surface area contributed by atoms with Gasteiger partial charge in [0.2, 0.25) is 5.91 Å². The maximum absolute atomic E-state index is 11.8. The molecule has 5 heteroatoms. The van der Waals surface area contributed by atoms with Crippen LogP contribution in [0.2, 0.25) is 10.0 Å². The molecule has 0 spiro atoms. The molecule has 0 heterocycles. The van der Waals surface area contributed by atoms with Crippen LogP contribution in [0.3, 0.4) is 0 Å². The summed E-state index contributed by atoms with van der Waals surface area (Å²) < 4.78 is 5.04. The number of nitrogens with one attached hydrogen (secondary N) is 1. The fourth-order valence-electron chi connectivity index (χ4n) is 1.72. The van der Waals surface area contributed by atoms with Gasteiger partial charge in [0, 0.05) is 13.5 Å². The predicted molar refractivity (Wildman–Crippen MR) is 78.9 cm³/mol. The maximum Gasteiger partial charge on any atom is 0.220 e. The van der Waals surface area contributed by atoms with Gasteiger partial charge < -0.3 is 10.1 Å². The molecule has 0 bridgehead atoms. The van der Waals surface area contributed by atoms with Gasteiger partial charge in [-0.05, 0) is 30.5 Å². The van der Waals surface area contributed by atoms with E-state index in [0.29, 0.717) is 29.5 Å². The number of rotatable bonds is 7. The Hall–Kier alpha value is -0.770. The summed E-state index contributed by atoms with van der Waals surface area (Å²) in [7, 11) is 1.63. The molecule has 1 amide bonds. The van der Waals surface area contributed by atoms with Gasteiger partial charge in [-0.3, -0.25) is 4.79 Å². The molecule has 0 radical (unpaired) electrons. The number of hydrogen-bond acceptors (Lipinski definition) is 2. The van der Waals surface area contributed by atoms with Gasteiger partial charge in [-0.1, -0.05) is 36.2 Å². The SMILES string of the molecule is CCC(COC)NC(=O)CCc1ccc(Cl)c(Cl)c1. The molecule has 1 unspecified atom stereocenters. The van der Waals surface area contributed by atoms with Gasteiger partial charge in [0.1, 0.15) is 0 Å². The number of halogens is 2. The summed E-state index contributed by atoms with van der Waals surface area (Å²) in [4.78, 5) is 11.8. The fourth-order valence-corrected chi connectivity index (χ4v) is 2.04. The van der Waals surface area contributed by atoms with Crippen LogP contribution >= 0.6 is 23.2 Å². The van der Waals surface area contributed by atoms with Crippen molar-refractivity contribution in [2.75, 3.05) is 13.7 Å². The highest BCUT2D eigenvalue weighted by atomic mass is 35.5. The zero-order chi connectivity index (χ0) is 14.3. The summed E-state index contributed by atoms with van der Waals surface area (Å²) >= 11 is 11.8. The van der Waals surface area contributed by atoms with Gasteiger partial charge in [0.05, 0.1) is 22.7 Å². The number of methoxy groups -OCH3 is 1. The minimum atomic E-state index is 0.0231.